The molecule has 0 aromatic carbocycles. The molecule has 0 radical (unpaired) electrons. The second-order valence-electron chi connectivity index (χ2n) is 4.30. The lowest BCUT2D eigenvalue weighted by Gasteiger charge is -2.24. The number of nitrogen functional groups attached to an aromatic ring is 1. The smallest absolute Gasteiger partial charge is 0.126 e. The number of hydrogen-bond donors (Lipinski definition) is 2. The van der Waals surface area contributed by atoms with Gasteiger partial charge in [0.1, 0.15) is 5.82 Å². The van der Waals surface area contributed by atoms with Crippen LogP contribution in [0.15, 0.2) is 18.3 Å². The van der Waals surface area contributed by atoms with Crippen LogP contribution < -0.4 is 11.1 Å². The van der Waals surface area contributed by atoms with E-state index in [0.29, 0.717) is 17.8 Å². The third-order valence-corrected chi connectivity index (χ3v) is 3.16. The summed E-state index contributed by atoms with van der Waals surface area (Å²) in [5, 5.41) is 3.53. The van der Waals surface area contributed by atoms with Crippen molar-refractivity contribution in [1.82, 2.24) is 10.3 Å². The van der Waals surface area contributed by atoms with E-state index in [1.165, 1.54) is 6.42 Å². The van der Waals surface area contributed by atoms with Gasteiger partial charge in [0.2, 0.25) is 0 Å². The van der Waals surface area contributed by atoms with Crippen LogP contribution in [0, 0.1) is 5.92 Å². The van der Waals surface area contributed by atoms with E-state index in [0.717, 1.165) is 18.5 Å². The fourth-order valence-electron chi connectivity index (χ4n) is 1.88. The second kappa shape index (κ2) is 6.48. The van der Waals surface area contributed by atoms with Gasteiger partial charge in [0.15, 0.2) is 0 Å². The summed E-state index contributed by atoms with van der Waals surface area (Å²) >= 11 is 0. The molecular weight excluding hydrogens is 198 g/mol. The quantitative estimate of drug-likeness (QED) is 0.774. The van der Waals surface area contributed by atoms with Crippen molar-refractivity contribution < 1.29 is 0 Å². The van der Waals surface area contributed by atoms with Crippen molar-refractivity contribution in [2.75, 3.05) is 12.3 Å². The molecular formula is C13H23N3. The normalized spacial score (nSPS) is 14.7. The SMILES string of the molecule is CCNC(Cc1cccnc1N)C(C)CC. The Morgan fingerprint density at radius 1 is 1.44 bits per heavy atom. The lowest BCUT2D eigenvalue weighted by molar-refractivity contribution is 0.371. The van der Waals surface area contributed by atoms with Crippen molar-refractivity contribution in [1.29, 1.82) is 0 Å². The van der Waals surface area contributed by atoms with Gasteiger partial charge in [0.05, 0.1) is 0 Å². The molecule has 2 atom stereocenters. The number of anilines is 1. The van der Waals surface area contributed by atoms with Crippen LogP contribution in [-0.2, 0) is 6.42 Å². The summed E-state index contributed by atoms with van der Waals surface area (Å²) in [6, 6.07) is 4.50. The third kappa shape index (κ3) is 3.49. The van der Waals surface area contributed by atoms with Gasteiger partial charge >= 0.3 is 0 Å². The molecule has 1 heterocycles. The molecule has 2 unspecified atom stereocenters. The number of nitrogens with zero attached hydrogens (tertiary/aromatic N) is 1. The molecule has 0 amide bonds. The van der Waals surface area contributed by atoms with Gasteiger partial charge in [-0.3, -0.25) is 0 Å². The average Bonchev–Trinajstić information content (AvgIpc) is 2.30. The molecule has 3 N–H and O–H groups in total. The summed E-state index contributed by atoms with van der Waals surface area (Å²) in [5.74, 6) is 1.31. The highest BCUT2D eigenvalue weighted by atomic mass is 14.9. The number of rotatable bonds is 6. The molecule has 90 valence electrons. The van der Waals surface area contributed by atoms with Crippen LogP contribution in [0.3, 0.4) is 0 Å². The largest absolute Gasteiger partial charge is 0.383 e. The monoisotopic (exact) mass is 221 g/mol. The van der Waals surface area contributed by atoms with E-state index >= 15 is 0 Å². The zero-order chi connectivity index (χ0) is 12.0. The van der Waals surface area contributed by atoms with E-state index in [1.807, 2.05) is 6.07 Å². The highest BCUT2D eigenvalue weighted by Gasteiger charge is 2.16. The third-order valence-electron chi connectivity index (χ3n) is 3.16. The number of aromatic nitrogens is 1. The highest BCUT2D eigenvalue weighted by molar-refractivity contribution is 5.38. The minimum atomic E-state index is 0.487. The summed E-state index contributed by atoms with van der Waals surface area (Å²) in [7, 11) is 0. The molecule has 16 heavy (non-hydrogen) atoms. The van der Waals surface area contributed by atoms with Gasteiger partial charge in [0, 0.05) is 12.2 Å². The molecule has 0 aliphatic carbocycles. The Labute approximate surface area is 98.5 Å². The van der Waals surface area contributed by atoms with Crippen molar-refractivity contribution in [3.8, 4) is 0 Å². The Kier molecular flexibility index (Phi) is 5.26. The number of nitrogens with one attached hydrogen (secondary N) is 1. The van der Waals surface area contributed by atoms with E-state index in [4.69, 9.17) is 5.73 Å². The second-order valence-corrected chi connectivity index (χ2v) is 4.30. The van der Waals surface area contributed by atoms with Gasteiger partial charge in [-0.05, 0) is 30.5 Å². The molecule has 3 nitrogen and oxygen atoms in total. The van der Waals surface area contributed by atoms with Gasteiger partial charge in [-0.2, -0.15) is 0 Å². The van der Waals surface area contributed by atoms with Crippen LogP contribution in [0.2, 0.25) is 0 Å². The summed E-state index contributed by atoms with van der Waals surface area (Å²) < 4.78 is 0. The maximum absolute atomic E-state index is 5.87. The van der Waals surface area contributed by atoms with Crippen LogP contribution in [0.4, 0.5) is 5.82 Å². The standard InChI is InChI=1S/C13H23N3/c1-4-10(3)12(15-5-2)9-11-7-6-8-16-13(11)14/h6-8,10,12,15H,4-5,9H2,1-3H3,(H2,14,16). The van der Waals surface area contributed by atoms with Crippen molar-refractivity contribution in [2.24, 2.45) is 5.92 Å². The summed E-state index contributed by atoms with van der Waals surface area (Å²) in [6.07, 6.45) is 3.88. The highest BCUT2D eigenvalue weighted by Crippen LogP contribution is 2.16. The predicted molar refractivity (Wildman–Crippen MR) is 69.3 cm³/mol. The lowest BCUT2D eigenvalue weighted by Crippen LogP contribution is -2.36. The van der Waals surface area contributed by atoms with Crippen LogP contribution in [0.5, 0.6) is 0 Å². The first-order chi connectivity index (χ1) is 7.69. The van der Waals surface area contributed by atoms with Crippen LogP contribution in [0.25, 0.3) is 0 Å². The van der Waals surface area contributed by atoms with Crippen molar-refractivity contribution in [3.05, 3.63) is 23.9 Å². The summed E-state index contributed by atoms with van der Waals surface area (Å²) in [4.78, 5) is 4.13. The Morgan fingerprint density at radius 3 is 2.75 bits per heavy atom. The Bertz CT molecular complexity index is 312. The van der Waals surface area contributed by atoms with Crippen molar-refractivity contribution >= 4 is 5.82 Å². The van der Waals surface area contributed by atoms with Crippen molar-refractivity contribution in [2.45, 2.75) is 39.7 Å². The average molecular weight is 221 g/mol. The summed E-state index contributed by atoms with van der Waals surface area (Å²) in [6.45, 7) is 7.64. The molecule has 1 aromatic heterocycles. The van der Waals surface area contributed by atoms with E-state index < -0.39 is 0 Å². The number of nitrogens with two attached hydrogens (primary N) is 1. The molecule has 0 spiro atoms. The number of likely N-dealkylation sites (N-methyl/N-ethyl adjacent to an activating group) is 1. The fraction of sp³-hybridized carbons (Fsp3) is 0.615. The molecule has 0 saturated carbocycles. The fourth-order valence-corrected chi connectivity index (χ4v) is 1.88. The van der Waals surface area contributed by atoms with Crippen LogP contribution in [0.1, 0.15) is 32.8 Å². The van der Waals surface area contributed by atoms with E-state index in [9.17, 15) is 0 Å². The maximum Gasteiger partial charge on any atom is 0.126 e. The molecule has 0 bridgehead atoms. The minimum absolute atomic E-state index is 0.487. The van der Waals surface area contributed by atoms with Gasteiger partial charge in [-0.25, -0.2) is 4.98 Å². The molecule has 1 aromatic rings. The zero-order valence-electron chi connectivity index (χ0n) is 10.5. The Balaban J connectivity index is 2.71. The van der Waals surface area contributed by atoms with E-state index in [2.05, 4.69) is 37.1 Å². The Hall–Kier alpha value is -1.09. The molecule has 0 saturated heterocycles. The van der Waals surface area contributed by atoms with Gasteiger partial charge < -0.3 is 11.1 Å². The van der Waals surface area contributed by atoms with Crippen LogP contribution in [-0.4, -0.2) is 17.6 Å². The zero-order valence-corrected chi connectivity index (χ0v) is 10.5. The van der Waals surface area contributed by atoms with E-state index in [1.54, 1.807) is 6.20 Å². The van der Waals surface area contributed by atoms with E-state index in [-0.39, 0.29) is 0 Å². The van der Waals surface area contributed by atoms with Gasteiger partial charge in [0.25, 0.3) is 0 Å². The molecule has 1 rings (SSSR count). The molecule has 0 aliphatic rings. The predicted octanol–water partition coefficient (Wildman–Crippen LogP) is 2.23. The molecule has 3 heteroatoms. The van der Waals surface area contributed by atoms with Crippen molar-refractivity contribution in [3.63, 3.8) is 0 Å². The Morgan fingerprint density at radius 2 is 2.19 bits per heavy atom. The first-order valence-corrected chi connectivity index (χ1v) is 6.11. The number of pyridine rings is 1. The van der Waals surface area contributed by atoms with Gasteiger partial charge in [-0.15, -0.1) is 0 Å². The summed E-state index contributed by atoms with van der Waals surface area (Å²) in [5.41, 5.74) is 7.01. The number of hydrogen-bond acceptors (Lipinski definition) is 3. The van der Waals surface area contributed by atoms with Crippen LogP contribution >= 0.6 is 0 Å². The maximum atomic E-state index is 5.87. The lowest BCUT2D eigenvalue weighted by atomic mass is 9.93. The van der Waals surface area contributed by atoms with Gasteiger partial charge in [-0.1, -0.05) is 33.3 Å². The first kappa shape index (κ1) is 13.0. The molecule has 0 aliphatic heterocycles. The topological polar surface area (TPSA) is 50.9 Å². The molecule has 0 fully saturated rings. The first-order valence-electron chi connectivity index (χ1n) is 6.11. The minimum Gasteiger partial charge on any atom is -0.383 e.